The highest BCUT2D eigenvalue weighted by Gasteiger charge is 2.28. The molecule has 0 spiro atoms. The number of hydrogen-bond donors (Lipinski definition) is 1. The molecule has 1 saturated carbocycles. The summed E-state index contributed by atoms with van der Waals surface area (Å²) in [5.74, 6) is 1.72. The Labute approximate surface area is 182 Å². The molecule has 1 saturated heterocycles. The molecule has 1 aliphatic heterocycles. The summed E-state index contributed by atoms with van der Waals surface area (Å²) in [7, 11) is 5.85. The third kappa shape index (κ3) is 7.40. The van der Waals surface area contributed by atoms with Crippen molar-refractivity contribution >= 4 is 35.9 Å². The summed E-state index contributed by atoms with van der Waals surface area (Å²) in [6.45, 7) is 5.55. The van der Waals surface area contributed by atoms with Crippen molar-refractivity contribution in [2.45, 2.75) is 57.9 Å². The zero-order valence-corrected chi connectivity index (χ0v) is 19.9. The van der Waals surface area contributed by atoms with Crippen LogP contribution in [0.15, 0.2) is 4.99 Å². The van der Waals surface area contributed by atoms with Gasteiger partial charge in [-0.2, -0.15) is 0 Å². The molecule has 158 valence electrons. The predicted molar refractivity (Wildman–Crippen MR) is 122 cm³/mol. The van der Waals surface area contributed by atoms with E-state index in [1.54, 1.807) is 0 Å². The molecule has 2 rings (SSSR count). The molecule has 6 nitrogen and oxygen atoms in total. The Morgan fingerprint density at radius 1 is 1.19 bits per heavy atom. The third-order valence-corrected chi connectivity index (χ3v) is 5.95. The number of piperidine rings is 1. The lowest BCUT2D eigenvalue weighted by molar-refractivity contribution is -0.146. The summed E-state index contributed by atoms with van der Waals surface area (Å²) in [5.41, 5.74) is 0. The van der Waals surface area contributed by atoms with Crippen molar-refractivity contribution in [1.29, 1.82) is 0 Å². The molecular formula is C20H39IN4O2. The Hall–Kier alpha value is -0.570. The molecule has 0 aromatic carbocycles. The fourth-order valence-electron chi connectivity index (χ4n) is 4.35. The van der Waals surface area contributed by atoms with E-state index in [2.05, 4.69) is 36.1 Å². The van der Waals surface area contributed by atoms with Gasteiger partial charge < -0.3 is 19.9 Å². The predicted octanol–water partition coefficient (Wildman–Crippen LogP) is 2.97. The van der Waals surface area contributed by atoms with Gasteiger partial charge in [0, 0.05) is 25.7 Å². The summed E-state index contributed by atoms with van der Waals surface area (Å²) in [6.07, 6.45) is 8.46. The van der Waals surface area contributed by atoms with Crippen LogP contribution in [0.1, 0.15) is 51.9 Å². The molecule has 1 unspecified atom stereocenters. The molecule has 7 heteroatoms. The Kier molecular flexibility index (Phi) is 11.6. The number of carbonyl (C=O) groups is 1. The average Bonchev–Trinajstić information content (AvgIpc) is 2.67. The molecule has 1 heterocycles. The summed E-state index contributed by atoms with van der Waals surface area (Å²) < 4.78 is 4.90. The zero-order valence-electron chi connectivity index (χ0n) is 17.6. The Morgan fingerprint density at radius 3 is 2.33 bits per heavy atom. The van der Waals surface area contributed by atoms with Crippen molar-refractivity contribution in [3.63, 3.8) is 0 Å². The minimum atomic E-state index is -0.0726. The lowest BCUT2D eigenvalue weighted by Gasteiger charge is -2.36. The van der Waals surface area contributed by atoms with Gasteiger partial charge in [-0.05, 0) is 52.6 Å². The van der Waals surface area contributed by atoms with Crippen LogP contribution in [-0.2, 0) is 9.53 Å². The van der Waals surface area contributed by atoms with E-state index in [4.69, 9.17) is 9.73 Å². The molecule has 1 aliphatic carbocycles. The molecule has 0 aromatic heterocycles. The number of rotatable bonds is 6. The smallest absolute Gasteiger partial charge is 0.308 e. The van der Waals surface area contributed by atoms with Gasteiger partial charge in [0.2, 0.25) is 0 Å². The van der Waals surface area contributed by atoms with Crippen LogP contribution in [0.25, 0.3) is 0 Å². The molecule has 27 heavy (non-hydrogen) atoms. The van der Waals surface area contributed by atoms with Crippen LogP contribution < -0.4 is 5.32 Å². The minimum Gasteiger partial charge on any atom is -0.469 e. The van der Waals surface area contributed by atoms with E-state index < -0.39 is 0 Å². The third-order valence-electron chi connectivity index (χ3n) is 5.95. The lowest BCUT2D eigenvalue weighted by Crippen LogP contribution is -2.47. The highest BCUT2D eigenvalue weighted by molar-refractivity contribution is 14.0. The first-order valence-electron chi connectivity index (χ1n) is 10.3. The van der Waals surface area contributed by atoms with Crippen LogP contribution in [0.4, 0.5) is 0 Å². The molecule has 0 aromatic rings. The normalized spacial score (nSPS) is 20.9. The molecule has 2 aliphatic rings. The van der Waals surface area contributed by atoms with Crippen molar-refractivity contribution in [2.75, 3.05) is 47.4 Å². The maximum Gasteiger partial charge on any atom is 0.308 e. The van der Waals surface area contributed by atoms with Crippen molar-refractivity contribution in [3.8, 4) is 0 Å². The molecule has 2 fully saturated rings. The van der Waals surface area contributed by atoms with Crippen molar-refractivity contribution in [3.05, 3.63) is 0 Å². The quantitative estimate of drug-likeness (QED) is 0.266. The van der Waals surface area contributed by atoms with Crippen molar-refractivity contribution in [2.24, 2.45) is 16.8 Å². The fraction of sp³-hybridized carbons (Fsp3) is 0.900. The number of likely N-dealkylation sites (N-methyl/N-ethyl adjacent to an activating group) is 1. The number of hydrogen-bond acceptors (Lipinski definition) is 4. The Morgan fingerprint density at radius 2 is 1.81 bits per heavy atom. The first-order valence-corrected chi connectivity index (χ1v) is 10.3. The van der Waals surface area contributed by atoms with Crippen molar-refractivity contribution in [1.82, 2.24) is 15.1 Å². The second kappa shape index (κ2) is 12.8. The van der Waals surface area contributed by atoms with Gasteiger partial charge in [0.15, 0.2) is 5.96 Å². The summed E-state index contributed by atoms with van der Waals surface area (Å²) >= 11 is 0. The van der Waals surface area contributed by atoms with Crippen LogP contribution >= 0.6 is 24.0 Å². The lowest BCUT2D eigenvalue weighted by atomic mass is 9.83. The van der Waals surface area contributed by atoms with E-state index in [0.717, 1.165) is 50.9 Å². The van der Waals surface area contributed by atoms with Crippen LogP contribution in [-0.4, -0.2) is 75.2 Å². The van der Waals surface area contributed by atoms with E-state index in [9.17, 15) is 4.79 Å². The van der Waals surface area contributed by atoms with Gasteiger partial charge in [0.1, 0.15) is 0 Å². The summed E-state index contributed by atoms with van der Waals surface area (Å²) in [5, 5.41) is 3.45. The second-order valence-electron chi connectivity index (χ2n) is 7.91. The standard InChI is InChI=1S/C20H38N4O2.HI/c1-5-21-20(24-13-11-17(12-14-24)19(25)26-4)22-15-18(23(2)3)16-9-7-6-8-10-16;/h16-18H,5-15H2,1-4H3,(H,21,22);1H. The van der Waals surface area contributed by atoms with E-state index in [0.29, 0.717) is 6.04 Å². The SMILES string of the molecule is CCNC(=NCC(C1CCCCC1)N(C)C)N1CCC(C(=O)OC)CC1.I. The fourth-order valence-corrected chi connectivity index (χ4v) is 4.35. The minimum absolute atomic E-state index is 0. The largest absolute Gasteiger partial charge is 0.469 e. The first-order chi connectivity index (χ1) is 12.6. The zero-order chi connectivity index (χ0) is 18.9. The maximum absolute atomic E-state index is 11.7. The van der Waals surface area contributed by atoms with Gasteiger partial charge in [0.25, 0.3) is 0 Å². The first kappa shape index (κ1) is 24.5. The number of nitrogens with one attached hydrogen (secondary N) is 1. The van der Waals surface area contributed by atoms with Crippen LogP contribution in [0, 0.1) is 11.8 Å². The Balaban J connectivity index is 0.00000364. The number of esters is 1. The average molecular weight is 494 g/mol. The van der Waals surface area contributed by atoms with Gasteiger partial charge in [-0.3, -0.25) is 9.79 Å². The molecule has 0 amide bonds. The summed E-state index contributed by atoms with van der Waals surface area (Å²) in [4.78, 5) is 21.4. The number of likely N-dealkylation sites (tertiary alicyclic amines) is 1. The Bertz CT molecular complexity index is 459. The molecule has 1 N–H and O–H groups in total. The van der Waals surface area contributed by atoms with Crippen LogP contribution in [0.2, 0.25) is 0 Å². The number of carbonyl (C=O) groups excluding carboxylic acids is 1. The highest BCUT2D eigenvalue weighted by Crippen LogP contribution is 2.28. The van der Waals surface area contributed by atoms with Gasteiger partial charge in [-0.15, -0.1) is 24.0 Å². The van der Waals surface area contributed by atoms with Gasteiger partial charge in [-0.25, -0.2) is 0 Å². The van der Waals surface area contributed by atoms with Crippen LogP contribution in [0.5, 0.6) is 0 Å². The number of halogens is 1. The molecule has 0 bridgehead atoms. The van der Waals surface area contributed by atoms with E-state index in [1.807, 2.05) is 0 Å². The molecule has 0 radical (unpaired) electrons. The van der Waals surface area contributed by atoms with Gasteiger partial charge >= 0.3 is 5.97 Å². The van der Waals surface area contributed by atoms with E-state index in [1.165, 1.54) is 39.2 Å². The number of methoxy groups -OCH3 is 1. The monoisotopic (exact) mass is 494 g/mol. The topological polar surface area (TPSA) is 57.2 Å². The molecule has 1 atom stereocenters. The van der Waals surface area contributed by atoms with Gasteiger partial charge in [0.05, 0.1) is 19.6 Å². The number of nitrogens with zero attached hydrogens (tertiary/aromatic N) is 3. The van der Waals surface area contributed by atoms with Crippen LogP contribution in [0.3, 0.4) is 0 Å². The number of ether oxygens (including phenoxy) is 1. The van der Waals surface area contributed by atoms with E-state index >= 15 is 0 Å². The molecular weight excluding hydrogens is 455 g/mol. The summed E-state index contributed by atoms with van der Waals surface area (Å²) in [6, 6.07) is 0.511. The second-order valence-corrected chi connectivity index (χ2v) is 7.91. The van der Waals surface area contributed by atoms with Gasteiger partial charge in [-0.1, -0.05) is 19.3 Å². The number of guanidine groups is 1. The number of aliphatic imine (C=N–C) groups is 1. The highest BCUT2D eigenvalue weighted by atomic mass is 127. The maximum atomic E-state index is 11.7. The van der Waals surface area contributed by atoms with E-state index in [-0.39, 0.29) is 35.9 Å². The van der Waals surface area contributed by atoms with Crippen molar-refractivity contribution < 1.29 is 9.53 Å².